The van der Waals surface area contributed by atoms with Gasteiger partial charge in [-0.05, 0) is 50.6 Å². The number of nitro groups is 1. The number of halogens is 1. The van der Waals surface area contributed by atoms with Crippen molar-refractivity contribution in [3.8, 4) is 11.3 Å². The van der Waals surface area contributed by atoms with Gasteiger partial charge in [0, 0.05) is 41.9 Å². The number of rotatable bonds is 7. The number of likely N-dealkylation sites (N-methyl/N-ethyl adjacent to an activating group) is 1. The Morgan fingerprint density at radius 1 is 1.18 bits per heavy atom. The predicted molar refractivity (Wildman–Crippen MR) is 154 cm³/mol. The molecule has 1 aliphatic heterocycles. The second-order valence-electron chi connectivity index (χ2n) is 9.12. The largest absolute Gasteiger partial charge is 0.457 e. The minimum atomic E-state index is -0.680. The monoisotopic (exact) mass is 576 g/mol. The molecule has 0 spiro atoms. The van der Waals surface area contributed by atoms with Gasteiger partial charge in [0.15, 0.2) is 4.80 Å². The number of aromatic nitrogens is 1. The van der Waals surface area contributed by atoms with Gasteiger partial charge in [-0.1, -0.05) is 47.2 Å². The van der Waals surface area contributed by atoms with E-state index in [0.29, 0.717) is 55.8 Å². The first-order valence-corrected chi connectivity index (χ1v) is 13.8. The van der Waals surface area contributed by atoms with Crippen LogP contribution in [0.1, 0.15) is 38.1 Å². The standard InChI is InChI=1S/C29H25ClN4O5S/c1-4-32(5-2)28(36)25-17(3)31-29-33(26(25)18-9-11-20(30)12-10-18)27(35)24(40-29)16-22-13-14-23(39-22)19-7-6-8-21(15-19)34(37)38/h6-16,26H,4-5H2,1-3H3/b24-16+/t26-/m1/s1. The third kappa shape index (κ3) is 5.03. The first-order valence-electron chi connectivity index (χ1n) is 12.6. The van der Waals surface area contributed by atoms with Crippen molar-refractivity contribution in [2.75, 3.05) is 13.1 Å². The number of thiazole rings is 1. The Bertz CT molecular complexity index is 1830. The minimum absolute atomic E-state index is 0.0450. The summed E-state index contributed by atoms with van der Waals surface area (Å²) in [5, 5.41) is 11.7. The molecule has 0 N–H and O–H groups in total. The second kappa shape index (κ2) is 11.1. The maximum Gasteiger partial charge on any atom is 0.271 e. The number of furan rings is 1. The predicted octanol–water partition coefficient (Wildman–Crippen LogP) is 4.93. The van der Waals surface area contributed by atoms with Crippen LogP contribution in [0.15, 0.2) is 86.1 Å². The smallest absolute Gasteiger partial charge is 0.271 e. The molecule has 0 aliphatic carbocycles. The number of hydrogen-bond donors (Lipinski definition) is 0. The molecule has 4 aromatic rings. The molecule has 3 heterocycles. The van der Waals surface area contributed by atoms with E-state index in [0.717, 1.165) is 5.56 Å². The zero-order valence-corrected chi connectivity index (χ0v) is 23.5. The molecule has 0 radical (unpaired) electrons. The molecule has 0 saturated carbocycles. The molecule has 0 fully saturated rings. The Balaban J connectivity index is 1.62. The Morgan fingerprint density at radius 2 is 1.90 bits per heavy atom. The summed E-state index contributed by atoms with van der Waals surface area (Å²) >= 11 is 7.35. The summed E-state index contributed by atoms with van der Waals surface area (Å²) in [6.07, 6.45) is 1.62. The van der Waals surface area contributed by atoms with E-state index in [4.69, 9.17) is 16.0 Å². The van der Waals surface area contributed by atoms with Crippen LogP contribution in [-0.2, 0) is 4.79 Å². The van der Waals surface area contributed by atoms with Crippen LogP contribution in [-0.4, -0.2) is 33.4 Å². The van der Waals surface area contributed by atoms with E-state index in [-0.39, 0.29) is 17.2 Å². The summed E-state index contributed by atoms with van der Waals surface area (Å²) in [7, 11) is 0. The van der Waals surface area contributed by atoms with Crippen molar-refractivity contribution in [1.82, 2.24) is 9.47 Å². The Kier molecular flexibility index (Phi) is 7.55. The molecular weight excluding hydrogens is 552 g/mol. The molecule has 2 aromatic carbocycles. The lowest BCUT2D eigenvalue weighted by molar-refractivity contribution is -0.384. The van der Waals surface area contributed by atoms with Crippen molar-refractivity contribution in [3.63, 3.8) is 0 Å². The van der Waals surface area contributed by atoms with E-state index in [2.05, 4.69) is 4.99 Å². The van der Waals surface area contributed by atoms with E-state index in [1.165, 1.54) is 23.5 Å². The molecular formula is C29H25ClN4O5S. The highest BCUT2D eigenvalue weighted by molar-refractivity contribution is 7.07. The van der Waals surface area contributed by atoms with Crippen LogP contribution >= 0.6 is 22.9 Å². The summed E-state index contributed by atoms with van der Waals surface area (Å²) in [5.41, 5.74) is 1.93. The fraction of sp³-hybridized carbons (Fsp3) is 0.207. The number of nitrogens with zero attached hydrogens (tertiary/aromatic N) is 4. The van der Waals surface area contributed by atoms with Gasteiger partial charge in [-0.15, -0.1) is 0 Å². The minimum Gasteiger partial charge on any atom is -0.457 e. The number of hydrogen-bond acceptors (Lipinski definition) is 7. The number of non-ortho nitro benzene ring substituents is 1. The van der Waals surface area contributed by atoms with Crippen molar-refractivity contribution in [2.45, 2.75) is 26.8 Å². The SMILES string of the molecule is CCN(CC)C(=O)C1=C(C)N=c2s/c(=C/c3ccc(-c4cccc([N+](=O)[O-])c4)o3)c(=O)n2[C@@H]1c1ccc(Cl)cc1. The van der Waals surface area contributed by atoms with Crippen LogP contribution in [0.3, 0.4) is 0 Å². The molecule has 11 heteroatoms. The number of nitro benzene ring substituents is 1. The summed E-state index contributed by atoms with van der Waals surface area (Å²) < 4.78 is 7.85. The number of carbonyl (C=O) groups is 1. The molecule has 40 heavy (non-hydrogen) atoms. The topological polar surface area (TPSA) is 111 Å². The van der Waals surface area contributed by atoms with Gasteiger partial charge in [0.2, 0.25) is 0 Å². The fourth-order valence-corrected chi connectivity index (χ4v) is 5.88. The summed E-state index contributed by atoms with van der Waals surface area (Å²) in [6.45, 7) is 6.66. The van der Waals surface area contributed by atoms with Crippen molar-refractivity contribution < 1.29 is 14.1 Å². The number of carbonyl (C=O) groups excluding carboxylic acids is 1. The summed E-state index contributed by atoms with van der Waals surface area (Å²) in [6, 6.07) is 16.0. The van der Waals surface area contributed by atoms with Crippen molar-refractivity contribution >= 4 is 40.6 Å². The maximum atomic E-state index is 13.8. The first kappa shape index (κ1) is 27.3. The van der Waals surface area contributed by atoms with Gasteiger partial charge in [0.05, 0.1) is 26.8 Å². The van der Waals surface area contributed by atoms with Gasteiger partial charge in [-0.25, -0.2) is 4.99 Å². The third-order valence-corrected chi connectivity index (χ3v) is 7.97. The van der Waals surface area contributed by atoms with Gasteiger partial charge in [0.25, 0.3) is 17.2 Å². The molecule has 2 aromatic heterocycles. The average molecular weight is 577 g/mol. The lowest BCUT2D eigenvalue weighted by Gasteiger charge is -2.29. The first-order chi connectivity index (χ1) is 19.2. The van der Waals surface area contributed by atoms with Gasteiger partial charge < -0.3 is 9.32 Å². The highest BCUT2D eigenvalue weighted by atomic mass is 35.5. The molecule has 9 nitrogen and oxygen atoms in total. The number of allylic oxidation sites excluding steroid dienone is 1. The molecule has 1 aliphatic rings. The Hall–Kier alpha value is -4.28. The lowest BCUT2D eigenvalue weighted by Crippen LogP contribution is -2.43. The molecule has 0 unspecified atom stereocenters. The van der Waals surface area contributed by atoms with E-state index in [1.807, 2.05) is 26.0 Å². The molecule has 204 valence electrons. The number of amides is 1. The fourth-order valence-electron chi connectivity index (χ4n) is 4.72. The van der Waals surface area contributed by atoms with Crippen molar-refractivity contribution in [3.05, 3.63) is 118 Å². The van der Waals surface area contributed by atoms with E-state index < -0.39 is 11.0 Å². The van der Waals surface area contributed by atoms with Crippen LogP contribution in [0.2, 0.25) is 5.02 Å². The maximum absolute atomic E-state index is 13.8. The highest BCUT2D eigenvalue weighted by Gasteiger charge is 2.34. The Morgan fingerprint density at radius 3 is 2.58 bits per heavy atom. The zero-order valence-electron chi connectivity index (χ0n) is 22.0. The third-order valence-electron chi connectivity index (χ3n) is 6.73. The molecule has 1 atom stereocenters. The zero-order chi connectivity index (χ0) is 28.6. The molecule has 5 rings (SSSR count). The van der Waals surface area contributed by atoms with Crippen LogP contribution in [0, 0.1) is 10.1 Å². The highest BCUT2D eigenvalue weighted by Crippen LogP contribution is 2.32. The van der Waals surface area contributed by atoms with Crippen LogP contribution in [0.5, 0.6) is 0 Å². The number of benzene rings is 2. The normalized spacial score (nSPS) is 15.1. The lowest BCUT2D eigenvalue weighted by atomic mass is 9.94. The average Bonchev–Trinajstić information content (AvgIpc) is 3.53. The van der Waals surface area contributed by atoms with Gasteiger partial charge in [-0.2, -0.15) is 0 Å². The van der Waals surface area contributed by atoms with Gasteiger partial charge in [-0.3, -0.25) is 24.3 Å². The van der Waals surface area contributed by atoms with Gasteiger partial charge >= 0.3 is 0 Å². The van der Waals surface area contributed by atoms with Crippen LogP contribution in [0.25, 0.3) is 17.4 Å². The van der Waals surface area contributed by atoms with Crippen molar-refractivity contribution in [2.24, 2.45) is 4.99 Å². The van der Waals surface area contributed by atoms with E-state index in [1.54, 1.807) is 58.9 Å². The summed E-state index contributed by atoms with van der Waals surface area (Å²) in [4.78, 5) is 45.0. The summed E-state index contributed by atoms with van der Waals surface area (Å²) in [5.74, 6) is 0.669. The van der Waals surface area contributed by atoms with Crippen molar-refractivity contribution in [1.29, 1.82) is 0 Å². The Labute approximate surface area is 238 Å². The molecule has 0 bridgehead atoms. The van der Waals surface area contributed by atoms with E-state index in [9.17, 15) is 19.7 Å². The molecule has 0 saturated heterocycles. The molecule has 1 amide bonds. The van der Waals surface area contributed by atoms with Crippen LogP contribution in [0.4, 0.5) is 5.69 Å². The van der Waals surface area contributed by atoms with Gasteiger partial charge in [0.1, 0.15) is 11.5 Å². The van der Waals surface area contributed by atoms with Crippen LogP contribution < -0.4 is 14.9 Å². The number of fused-ring (bicyclic) bond motifs is 1. The second-order valence-corrected chi connectivity index (χ2v) is 10.6. The van der Waals surface area contributed by atoms with E-state index >= 15 is 0 Å². The quantitative estimate of drug-likeness (QED) is 0.229.